The van der Waals surface area contributed by atoms with E-state index >= 15 is 0 Å². The van der Waals surface area contributed by atoms with Crippen molar-refractivity contribution < 1.29 is 14.4 Å². The molecule has 1 unspecified atom stereocenters. The molecule has 2 heterocycles. The zero-order chi connectivity index (χ0) is 18.8. The topological polar surface area (TPSA) is 49.9 Å². The second-order valence-electron chi connectivity index (χ2n) is 6.92. The largest absolute Gasteiger partial charge is 0.366 e. The van der Waals surface area contributed by atoms with Gasteiger partial charge in [-0.2, -0.15) is 0 Å². The number of benzene rings is 2. The van der Waals surface area contributed by atoms with Crippen molar-refractivity contribution in [3.8, 4) is 0 Å². The quantitative estimate of drug-likeness (QED) is 0.805. The number of nitrogens with zero attached hydrogens (tertiary/aromatic N) is 2. The first-order valence-corrected chi connectivity index (χ1v) is 9.63. The molecule has 6 heteroatoms. The van der Waals surface area contributed by atoms with Crippen molar-refractivity contribution in [2.24, 2.45) is 0 Å². The summed E-state index contributed by atoms with van der Waals surface area (Å²) >= 11 is 6.18. The monoisotopic (exact) mass is 384 g/mol. The van der Waals surface area contributed by atoms with Crippen molar-refractivity contribution in [2.75, 3.05) is 24.5 Å². The Kier molecular flexibility index (Phi) is 5.14. The maximum Gasteiger partial charge on any atom is 0.344 e. The Bertz CT molecular complexity index is 850. The van der Waals surface area contributed by atoms with Crippen LogP contribution in [0.15, 0.2) is 48.5 Å². The first-order valence-electron chi connectivity index (χ1n) is 9.25. The van der Waals surface area contributed by atoms with Crippen LogP contribution in [-0.2, 0) is 14.4 Å². The molecule has 1 fully saturated rings. The standard InChI is InChI=1S/C21H21ClN2O3/c22-16-9-10-18-17(13-16)20(15-7-3-1-4-8-15)21(26)24(18)14-19(25)27-23-11-5-2-6-12-23/h1,3-4,7-10,13,20H,2,5-6,11-12,14H2. The molecule has 4 rings (SSSR count). The number of hydrogen-bond donors (Lipinski definition) is 0. The Hall–Kier alpha value is -2.37. The van der Waals surface area contributed by atoms with Crippen LogP contribution in [0.25, 0.3) is 0 Å². The third-order valence-electron chi connectivity index (χ3n) is 5.07. The van der Waals surface area contributed by atoms with E-state index in [0.717, 1.165) is 43.5 Å². The fraction of sp³-hybridized carbons (Fsp3) is 0.333. The normalized spacial score (nSPS) is 19.8. The van der Waals surface area contributed by atoms with Crippen molar-refractivity contribution >= 4 is 29.2 Å². The van der Waals surface area contributed by atoms with Crippen LogP contribution in [0.3, 0.4) is 0 Å². The Morgan fingerprint density at radius 2 is 1.81 bits per heavy atom. The maximum absolute atomic E-state index is 13.2. The van der Waals surface area contributed by atoms with Gasteiger partial charge < -0.3 is 4.84 Å². The summed E-state index contributed by atoms with van der Waals surface area (Å²) in [6.45, 7) is 1.39. The molecule has 0 bridgehead atoms. The number of anilines is 1. The highest BCUT2D eigenvalue weighted by atomic mass is 35.5. The lowest BCUT2D eigenvalue weighted by Crippen LogP contribution is -2.39. The first-order chi connectivity index (χ1) is 13.1. The summed E-state index contributed by atoms with van der Waals surface area (Å²) in [7, 11) is 0. The number of hydroxylamine groups is 2. The van der Waals surface area contributed by atoms with Gasteiger partial charge >= 0.3 is 5.97 Å². The van der Waals surface area contributed by atoms with E-state index in [2.05, 4.69) is 0 Å². The highest BCUT2D eigenvalue weighted by molar-refractivity contribution is 6.31. The summed E-state index contributed by atoms with van der Waals surface area (Å²) in [5.41, 5.74) is 2.43. The molecule has 2 aromatic carbocycles. The van der Waals surface area contributed by atoms with Gasteiger partial charge in [-0.1, -0.05) is 48.4 Å². The smallest absolute Gasteiger partial charge is 0.344 e. The molecule has 1 saturated heterocycles. The van der Waals surface area contributed by atoms with Gasteiger partial charge in [-0.05, 0) is 42.2 Å². The summed E-state index contributed by atoms with van der Waals surface area (Å²) < 4.78 is 0. The van der Waals surface area contributed by atoms with Crippen molar-refractivity contribution in [1.82, 2.24) is 5.06 Å². The predicted molar refractivity (Wildman–Crippen MR) is 104 cm³/mol. The molecule has 0 spiro atoms. The van der Waals surface area contributed by atoms with Gasteiger partial charge in [0.25, 0.3) is 0 Å². The molecule has 2 aliphatic heterocycles. The second-order valence-corrected chi connectivity index (χ2v) is 7.36. The molecular formula is C21H21ClN2O3. The lowest BCUT2D eigenvalue weighted by Gasteiger charge is -2.26. The maximum atomic E-state index is 13.2. The molecule has 27 heavy (non-hydrogen) atoms. The minimum absolute atomic E-state index is 0.104. The van der Waals surface area contributed by atoms with E-state index in [4.69, 9.17) is 16.4 Å². The summed E-state index contributed by atoms with van der Waals surface area (Å²) in [4.78, 5) is 32.6. The average Bonchev–Trinajstić information content (AvgIpc) is 2.94. The predicted octanol–water partition coefficient (Wildman–Crippen LogP) is 3.76. The number of carbonyl (C=O) groups excluding carboxylic acids is 2. The van der Waals surface area contributed by atoms with Crippen LogP contribution in [0.2, 0.25) is 5.02 Å². The molecule has 0 radical (unpaired) electrons. The van der Waals surface area contributed by atoms with Crippen molar-refractivity contribution in [2.45, 2.75) is 25.2 Å². The van der Waals surface area contributed by atoms with Crippen molar-refractivity contribution in [3.05, 3.63) is 64.7 Å². The molecule has 5 nitrogen and oxygen atoms in total. The molecule has 0 N–H and O–H groups in total. The van der Waals surface area contributed by atoms with Crippen LogP contribution in [0, 0.1) is 0 Å². The van der Waals surface area contributed by atoms with Gasteiger partial charge in [0.05, 0.1) is 5.92 Å². The molecule has 2 aromatic rings. The second kappa shape index (κ2) is 7.71. The Balaban J connectivity index is 1.58. The van der Waals surface area contributed by atoms with Gasteiger partial charge in [-0.15, -0.1) is 5.06 Å². The summed E-state index contributed by atoms with van der Waals surface area (Å²) in [5.74, 6) is -1.00. The Morgan fingerprint density at radius 1 is 1.07 bits per heavy atom. The molecular weight excluding hydrogens is 364 g/mol. The number of carbonyl (C=O) groups is 2. The molecule has 0 aliphatic carbocycles. The zero-order valence-electron chi connectivity index (χ0n) is 14.9. The van der Waals surface area contributed by atoms with Crippen LogP contribution in [-0.4, -0.2) is 36.6 Å². The number of fused-ring (bicyclic) bond motifs is 1. The Morgan fingerprint density at radius 3 is 2.56 bits per heavy atom. The third kappa shape index (κ3) is 3.70. The van der Waals surface area contributed by atoms with Gasteiger partial charge in [0.2, 0.25) is 5.91 Å². The Labute approximate surface area is 163 Å². The van der Waals surface area contributed by atoms with Gasteiger partial charge in [0.1, 0.15) is 6.54 Å². The molecule has 0 saturated carbocycles. The highest BCUT2D eigenvalue weighted by Gasteiger charge is 2.39. The van der Waals surface area contributed by atoms with Gasteiger partial charge in [0.15, 0.2) is 0 Å². The molecule has 1 amide bonds. The SMILES string of the molecule is O=C(CN1C(=O)C(c2ccccc2)c2cc(Cl)ccc21)ON1CCCCC1. The average molecular weight is 385 g/mol. The third-order valence-corrected chi connectivity index (χ3v) is 5.31. The fourth-order valence-electron chi connectivity index (χ4n) is 3.80. The van der Waals surface area contributed by atoms with Crippen LogP contribution in [0.1, 0.15) is 36.3 Å². The van der Waals surface area contributed by atoms with Gasteiger partial charge in [-0.25, -0.2) is 4.79 Å². The van der Waals surface area contributed by atoms with Crippen molar-refractivity contribution in [3.63, 3.8) is 0 Å². The van der Waals surface area contributed by atoms with Crippen LogP contribution >= 0.6 is 11.6 Å². The van der Waals surface area contributed by atoms with E-state index in [1.165, 1.54) is 4.90 Å². The number of piperidine rings is 1. The summed E-state index contributed by atoms with van der Waals surface area (Å²) in [6, 6.07) is 14.9. The van der Waals surface area contributed by atoms with E-state index < -0.39 is 11.9 Å². The number of amides is 1. The van der Waals surface area contributed by atoms with Crippen LogP contribution < -0.4 is 4.90 Å². The van der Waals surface area contributed by atoms with E-state index in [0.29, 0.717) is 10.7 Å². The summed E-state index contributed by atoms with van der Waals surface area (Å²) in [5, 5.41) is 2.27. The molecule has 2 aliphatic rings. The van der Waals surface area contributed by atoms with Gasteiger partial charge in [-0.3, -0.25) is 9.69 Å². The summed E-state index contributed by atoms with van der Waals surface area (Å²) in [6.07, 6.45) is 3.20. The van der Waals surface area contributed by atoms with E-state index in [1.54, 1.807) is 17.2 Å². The lowest BCUT2D eigenvalue weighted by molar-refractivity contribution is -0.192. The number of halogens is 1. The van der Waals surface area contributed by atoms with E-state index in [9.17, 15) is 9.59 Å². The minimum Gasteiger partial charge on any atom is -0.366 e. The zero-order valence-corrected chi connectivity index (χ0v) is 15.7. The van der Waals surface area contributed by atoms with E-state index in [-0.39, 0.29) is 12.5 Å². The molecule has 0 aromatic heterocycles. The van der Waals surface area contributed by atoms with E-state index in [1.807, 2.05) is 36.4 Å². The van der Waals surface area contributed by atoms with Gasteiger partial charge in [0, 0.05) is 23.8 Å². The van der Waals surface area contributed by atoms with Crippen LogP contribution in [0.4, 0.5) is 5.69 Å². The minimum atomic E-state index is -0.456. The number of rotatable bonds is 4. The molecule has 1 atom stereocenters. The first kappa shape index (κ1) is 18.0. The molecule has 140 valence electrons. The number of hydrogen-bond acceptors (Lipinski definition) is 4. The highest BCUT2D eigenvalue weighted by Crippen LogP contribution is 2.42. The van der Waals surface area contributed by atoms with Crippen molar-refractivity contribution in [1.29, 1.82) is 0 Å². The lowest BCUT2D eigenvalue weighted by atomic mass is 9.93. The van der Waals surface area contributed by atoms with Crippen LogP contribution in [0.5, 0.6) is 0 Å². The fourth-order valence-corrected chi connectivity index (χ4v) is 3.98.